The van der Waals surface area contributed by atoms with E-state index >= 15 is 0 Å². The maximum Gasteiger partial charge on any atom is 0.278 e. The number of likely N-dealkylation sites (tertiary alicyclic amines) is 1. The van der Waals surface area contributed by atoms with Gasteiger partial charge in [0.05, 0.1) is 19.0 Å². The molecule has 2 aromatic carbocycles. The maximum atomic E-state index is 12.9. The lowest BCUT2D eigenvalue weighted by atomic mass is 9.89. The van der Waals surface area contributed by atoms with Crippen molar-refractivity contribution in [3.8, 4) is 17.2 Å². The largest absolute Gasteiger partial charge is 0.504 e. The number of ether oxygens (including phenoxy) is 1. The summed E-state index contributed by atoms with van der Waals surface area (Å²) in [5.74, 6) is 0.193. The fourth-order valence-electron chi connectivity index (χ4n) is 3.72. The van der Waals surface area contributed by atoms with Crippen LogP contribution in [0.1, 0.15) is 33.7 Å². The molecule has 0 spiro atoms. The number of ketones is 1. The molecule has 3 aromatic rings. The number of aromatic nitrogens is 2. The van der Waals surface area contributed by atoms with Crippen molar-refractivity contribution in [2.24, 2.45) is 5.92 Å². The Labute approximate surface area is 174 Å². The third-order valence-electron chi connectivity index (χ3n) is 5.45. The average molecular weight is 405 g/mol. The first-order chi connectivity index (χ1) is 14.6. The van der Waals surface area contributed by atoms with Crippen LogP contribution in [0.15, 0.2) is 60.8 Å². The van der Waals surface area contributed by atoms with Gasteiger partial charge < -0.3 is 14.7 Å². The molecule has 0 saturated carbocycles. The Hall–Kier alpha value is -3.61. The highest BCUT2D eigenvalue weighted by atomic mass is 16.5. The Morgan fingerprint density at radius 1 is 1.03 bits per heavy atom. The van der Waals surface area contributed by atoms with Gasteiger partial charge in [0.25, 0.3) is 5.91 Å². The van der Waals surface area contributed by atoms with Crippen LogP contribution in [0.3, 0.4) is 0 Å². The number of amides is 1. The minimum absolute atomic E-state index is 0.0267. The van der Waals surface area contributed by atoms with Crippen molar-refractivity contribution in [3.63, 3.8) is 0 Å². The number of carbonyl (C=O) groups excluding carboxylic acids is 2. The van der Waals surface area contributed by atoms with Gasteiger partial charge in [-0.1, -0.05) is 18.2 Å². The molecule has 4 rings (SSSR count). The zero-order valence-electron chi connectivity index (χ0n) is 16.7. The first-order valence-electron chi connectivity index (χ1n) is 9.88. The van der Waals surface area contributed by atoms with Crippen LogP contribution in [0.2, 0.25) is 0 Å². The lowest BCUT2D eigenvalue weighted by Gasteiger charge is -2.31. The number of nitrogens with zero attached hydrogens (tertiary/aromatic N) is 3. The van der Waals surface area contributed by atoms with Crippen LogP contribution in [0.4, 0.5) is 0 Å². The molecular formula is C23H23N3O4. The topological polar surface area (TPSA) is 84.7 Å². The Bertz CT molecular complexity index is 1040. The molecule has 7 nitrogen and oxygen atoms in total. The monoisotopic (exact) mass is 405 g/mol. The lowest BCUT2D eigenvalue weighted by Crippen LogP contribution is -2.40. The Morgan fingerprint density at radius 3 is 2.33 bits per heavy atom. The first kappa shape index (κ1) is 19.7. The molecule has 1 amide bonds. The van der Waals surface area contributed by atoms with Crippen molar-refractivity contribution in [2.75, 3.05) is 20.2 Å². The predicted octanol–water partition coefficient (Wildman–Crippen LogP) is 3.32. The average Bonchev–Trinajstić information content (AvgIpc) is 3.20. The van der Waals surface area contributed by atoms with Gasteiger partial charge in [0, 0.05) is 24.6 Å². The van der Waals surface area contributed by atoms with Gasteiger partial charge in [-0.3, -0.25) is 9.59 Å². The van der Waals surface area contributed by atoms with Crippen LogP contribution in [-0.2, 0) is 0 Å². The summed E-state index contributed by atoms with van der Waals surface area (Å²) in [5, 5.41) is 14.5. The van der Waals surface area contributed by atoms with Gasteiger partial charge in [-0.05, 0) is 49.2 Å². The van der Waals surface area contributed by atoms with Gasteiger partial charge in [0.2, 0.25) is 0 Å². The van der Waals surface area contributed by atoms with E-state index in [9.17, 15) is 14.7 Å². The van der Waals surface area contributed by atoms with Crippen LogP contribution in [-0.4, -0.2) is 51.7 Å². The maximum absolute atomic E-state index is 12.9. The van der Waals surface area contributed by atoms with Gasteiger partial charge in [-0.2, -0.15) is 5.10 Å². The summed E-state index contributed by atoms with van der Waals surface area (Å²) in [6.45, 7) is 0.895. The smallest absolute Gasteiger partial charge is 0.278 e. The van der Waals surface area contributed by atoms with E-state index in [0.717, 1.165) is 5.69 Å². The molecule has 0 unspecified atom stereocenters. The second-order valence-electron chi connectivity index (χ2n) is 7.30. The number of hydrogen-bond acceptors (Lipinski definition) is 5. The van der Waals surface area contributed by atoms with Crippen molar-refractivity contribution in [1.29, 1.82) is 0 Å². The molecule has 1 aliphatic heterocycles. The number of hydrogen-bond donors (Lipinski definition) is 1. The number of carbonyl (C=O) groups is 2. The van der Waals surface area contributed by atoms with Crippen LogP contribution in [0, 0.1) is 5.92 Å². The Morgan fingerprint density at radius 2 is 1.70 bits per heavy atom. The SMILES string of the molecule is COc1ccc(C(=O)C2CCN(C(=O)c3nn(-c4ccccc4)cc3O)CC2)cc1. The van der Waals surface area contributed by atoms with E-state index in [2.05, 4.69) is 5.10 Å². The highest BCUT2D eigenvalue weighted by molar-refractivity contribution is 5.98. The third kappa shape index (κ3) is 3.91. The number of methoxy groups -OCH3 is 1. The second kappa shape index (κ2) is 8.41. The summed E-state index contributed by atoms with van der Waals surface area (Å²) in [6, 6.07) is 16.4. The molecule has 30 heavy (non-hydrogen) atoms. The molecule has 0 radical (unpaired) electrons. The zero-order valence-corrected chi connectivity index (χ0v) is 16.7. The standard InChI is InChI=1S/C23H23N3O4/c1-30-19-9-7-16(8-10-19)22(28)17-11-13-25(14-12-17)23(29)21-20(27)15-26(24-21)18-5-3-2-4-6-18/h2-10,15,17,27H,11-14H2,1H3. The van der Waals surface area contributed by atoms with E-state index in [0.29, 0.717) is 37.2 Å². The van der Waals surface area contributed by atoms with Gasteiger partial charge in [0.1, 0.15) is 5.75 Å². The minimum Gasteiger partial charge on any atom is -0.504 e. The van der Waals surface area contributed by atoms with Crippen LogP contribution in [0.25, 0.3) is 5.69 Å². The summed E-state index contributed by atoms with van der Waals surface area (Å²) in [7, 11) is 1.59. The molecule has 1 fully saturated rings. The van der Waals surface area contributed by atoms with Crippen molar-refractivity contribution in [3.05, 3.63) is 72.1 Å². The fourth-order valence-corrected chi connectivity index (χ4v) is 3.72. The predicted molar refractivity (Wildman–Crippen MR) is 111 cm³/mol. The number of Topliss-reactive ketones (excluding diaryl/α,β-unsaturated/α-hetero) is 1. The van der Waals surface area contributed by atoms with Crippen LogP contribution >= 0.6 is 0 Å². The van der Waals surface area contributed by atoms with Gasteiger partial charge in [0.15, 0.2) is 17.2 Å². The number of piperidine rings is 1. The quantitative estimate of drug-likeness (QED) is 0.658. The molecule has 0 aliphatic carbocycles. The molecule has 2 heterocycles. The molecule has 1 N–H and O–H groups in total. The van der Waals surface area contributed by atoms with E-state index in [1.807, 2.05) is 30.3 Å². The van der Waals surface area contributed by atoms with Gasteiger partial charge in [-0.15, -0.1) is 0 Å². The molecule has 1 saturated heterocycles. The van der Waals surface area contributed by atoms with E-state index in [1.165, 1.54) is 10.9 Å². The highest BCUT2D eigenvalue weighted by Gasteiger charge is 2.30. The molecule has 7 heteroatoms. The minimum atomic E-state index is -0.322. The number of para-hydroxylation sites is 1. The molecule has 0 atom stereocenters. The Kier molecular flexibility index (Phi) is 5.52. The molecule has 1 aliphatic rings. The second-order valence-corrected chi connectivity index (χ2v) is 7.30. The number of benzene rings is 2. The van der Waals surface area contributed by atoms with Crippen molar-refractivity contribution in [1.82, 2.24) is 14.7 Å². The summed E-state index contributed by atoms with van der Waals surface area (Å²) in [5.41, 5.74) is 1.44. The summed E-state index contributed by atoms with van der Waals surface area (Å²) < 4.78 is 6.62. The molecule has 1 aromatic heterocycles. The fraction of sp³-hybridized carbons (Fsp3) is 0.261. The number of rotatable bonds is 5. The zero-order chi connectivity index (χ0) is 21.1. The lowest BCUT2D eigenvalue weighted by molar-refractivity contribution is 0.0642. The summed E-state index contributed by atoms with van der Waals surface area (Å²) in [4.78, 5) is 27.3. The molecule has 0 bridgehead atoms. The normalized spacial score (nSPS) is 14.5. The van der Waals surface area contributed by atoms with Crippen molar-refractivity contribution < 1.29 is 19.4 Å². The summed E-state index contributed by atoms with van der Waals surface area (Å²) in [6.07, 6.45) is 2.59. The van der Waals surface area contributed by atoms with E-state index < -0.39 is 0 Å². The third-order valence-corrected chi connectivity index (χ3v) is 5.45. The molecule has 154 valence electrons. The molecular weight excluding hydrogens is 382 g/mol. The first-order valence-corrected chi connectivity index (χ1v) is 9.88. The van der Waals surface area contributed by atoms with E-state index in [4.69, 9.17) is 4.74 Å². The van der Waals surface area contributed by atoms with Gasteiger partial charge >= 0.3 is 0 Å². The van der Waals surface area contributed by atoms with Crippen molar-refractivity contribution >= 4 is 11.7 Å². The van der Waals surface area contributed by atoms with Gasteiger partial charge in [-0.25, -0.2) is 4.68 Å². The van der Waals surface area contributed by atoms with E-state index in [1.54, 1.807) is 36.3 Å². The Balaban J connectivity index is 1.41. The number of aromatic hydroxyl groups is 1. The van der Waals surface area contributed by atoms with Crippen molar-refractivity contribution in [2.45, 2.75) is 12.8 Å². The summed E-state index contributed by atoms with van der Waals surface area (Å²) >= 11 is 0. The van der Waals surface area contributed by atoms with Crippen LogP contribution < -0.4 is 4.74 Å². The van der Waals surface area contributed by atoms with Crippen LogP contribution in [0.5, 0.6) is 11.5 Å². The van der Waals surface area contributed by atoms with E-state index in [-0.39, 0.29) is 29.1 Å². The highest BCUT2D eigenvalue weighted by Crippen LogP contribution is 2.26.